The van der Waals surface area contributed by atoms with Gasteiger partial charge in [-0.05, 0) is 38.5 Å². The molecule has 1 radical (unpaired) electrons. The Morgan fingerprint density at radius 3 is 0.892 bits per heavy atom. The molecular formula is C24H36FeN6O6+3. The maximum Gasteiger partial charge on any atom is 3.00 e. The van der Waals surface area contributed by atoms with Crippen molar-refractivity contribution in [2.24, 2.45) is 0 Å². The molecule has 0 unspecified atom stereocenters. The van der Waals surface area contributed by atoms with E-state index in [1.165, 1.54) is 0 Å². The molecule has 0 saturated heterocycles. The Hall–Kier alpha value is -3.44. The first-order chi connectivity index (χ1) is 17.1. The van der Waals surface area contributed by atoms with E-state index in [1.807, 2.05) is 41.5 Å². The normalized spacial score (nSPS) is 9.89. The van der Waals surface area contributed by atoms with E-state index < -0.39 is 16.7 Å². The van der Waals surface area contributed by atoms with Crippen LogP contribution in [-0.2, 0) is 55.6 Å². The molecule has 13 heteroatoms. The van der Waals surface area contributed by atoms with Gasteiger partial charge in [0.15, 0.2) is 0 Å². The summed E-state index contributed by atoms with van der Waals surface area (Å²) in [6.07, 6.45) is 7.43. The molecule has 0 bridgehead atoms. The summed E-state index contributed by atoms with van der Waals surface area (Å²) in [7, 11) is 0. The van der Waals surface area contributed by atoms with Crippen molar-refractivity contribution < 1.29 is 32.7 Å². The molecule has 0 aliphatic rings. The molecule has 12 nitrogen and oxygen atoms in total. The van der Waals surface area contributed by atoms with E-state index >= 15 is 0 Å². The molecule has 0 aromatic carbocycles. The van der Waals surface area contributed by atoms with Crippen LogP contribution in [0, 0.1) is 0 Å². The van der Waals surface area contributed by atoms with Crippen molar-refractivity contribution in [3.63, 3.8) is 0 Å². The van der Waals surface area contributed by atoms with Crippen LogP contribution in [0.3, 0.4) is 0 Å². The molecule has 3 aromatic rings. The first kappa shape index (κ1) is 33.6. The molecule has 3 heterocycles. The van der Waals surface area contributed by atoms with Crippen molar-refractivity contribution in [2.75, 3.05) is 0 Å². The molecule has 0 fully saturated rings. The summed E-state index contributed by atoms with van der Waals surface area (Å²) in [4.78, 5) is 44.6. The molecule has 3 N–H and O–H groups in total. The zero-order valence-corrected chi connectivity index (χ0v) is 23.2. The number of nitrogens with zero attached hydrogens (tertiary/aromatic N) is 6. The number of aryl methyl sites for hydroxylation is 3. The Morgan fingerprint density at radius 1 is 0.514 bits per heavy atom. The summed E-state index contributed by atoms with van der Waals surface area (Å²) in [6.45, 7) is 11.4. The summed E-state index contributed by atoms with van der Waals surface area (Å²) in [5.74, 6) is 0. The fourth-order valence-corrected chi connectivity index (χ4v) is 3.50. The zero-order valence-electron chi connectivity index (χ0n) is 22.1. The van der Waals surface area contributed by atoms with Gasteiger partial charge in [0.05, 0.1) is 52.8 Å². The average molecular weight is 560 g/mol. The monoisotopic (exact) mass is 560 g/mol. The molecule has 0 aliphatic carbocycles. The third-order valence-corrected chi connectivity index (χ3v) is 5.39. The predicted molar refractivity (Wildman–Crippen MR) is 133 cm³/mol. The second kappa shape index (κ2) is 16.3. The Bertz CT molecular complexity index is 1160. The molecule has 0 saturated carbocycles. The maximum atomic E-state index is 10.9. The SMILES string of the molecule is CCc1ncc(=O)n(O)c1CC.CCc1ncc(=O)n(O)c1CC.CCc1ncc(=O)n(O)c1CC.[Fe+3]. The molecule has 203 valence electrons. The van der Waals surface area contributed by atoms with Crippen LogP contribution in [0.4, 0.5) is 0 Å². The molecular weight excluding hydrogens is 524 g/mol. The number of aromatic nitrogens is 6. The van der Waals surface area contributed by atoms with Crippen LogP contribution in [0.1, 0.15) is 75.7 Å². The van der Waals surface area contributed by atoms with Gasteiger partial charge in [0.25, 0.3) is 0 Å². The summed E-state index contributed by atoms with van der Waals surface area (Å²) in [5, 5.41) is 27.8. The average Bonchev–Trinajstić information content (AvgIpc) is 2.89. The Balaban J connectivity index is 0.000000518. The summed E-state index contributed by atoms with van der Waals surface area (Å²) in [6, 6.07) is 0. The van der Waals surface area contributed by atoms with E-state index in [2.05, 4.69) is 15.0 Å². The summed E-state index contributed by atoms with van der Waals surface area (Å²) < 4.78 is 2.02. The van der Waals surface area contributed by atoms with Crippen LogP contribution in [0.5, 0.6) is 0 Å². The molecule has 3 rings (SSSR count). The van der Waals surface area contributed by atoms with Crippen molar-refractivity contribution in [1.82, 2.24) is 29.1 Å². The van der Waals surface area contributed by atoms with E-state index in [4.69, 9.17) is 0 Å². The van der Waals surface area contributed by atoms with Crippen LogP contribution in [-0.4, -0.2) is 44.8 Å². The quantitative estimate of drug-likeness (QED) is 0.301. The first-order valence-electron chi connectivity index (χ1n) is 12.0. The van der Waals surface area contributed by atoms with Crippen LogP contribution in [0.15, 0.2) is 33.0 Å². The first-order valence-corrected chi connectivity index (χ1v) is 12.0. The van der Waals surface area contributed by atoms with E-state index in [0.29, 0.717) is 50.5 Å². The zero-order chi connectivity index (χ0) is 27.4. The number of rotatable bonds is 6. The Morgan fingerprint density at radius 2 is 0.730 bits per heavy atom. The fourth-order valence-electron chi connectivity index (χ4n) is 3.50. The minimum Gasteiger partial charge on any atom is -0.425 e. The molecule has 0 aliphatic heterocycles. The Labute approximate surface area is 225 Å². The molecule has 37 heavy (non-hydrogen) atoms. The number of hydrogen-bond acceptors (Lipinski definition) is 9. The summed E-state index contributed by atoms with van der Waals surface area (Å²) in [5.41, 5.74) is 2.73. The second-order valence-corrected chi connectivity index (χ2v) is 7.53. The third-order valence-electron chi connectivity index (χ3n) is 5.39. The van der Waals surface area contributed by atoms with Gasteiger partial charge >= 0.3 is 33.7 Å². The van der Waals surface area contributed by atoms with Crippen LogP contribution < -0.4 is 16.7 Å². The van der Waals surface area contributed by atoms with Gasteiger partial charge in [-0.1, -0.05) is 41.5 Å². The smallest absolute Gasteiger partial charge is 0.425 e. The van der Waals surface area contributed by atoms with Crippen LogP contribution in [0.2, 0.25) is 0 Å². The van der Waals surface area contributed by atoms with Crippen molar-refractivity contribution in [1.29, 1.82) is 0 Å². The molecule has 0 atom stereocenters. The molecule has 0 spiro atoms. The van der Waals surface area contributed by atoms with Gasteiger partial charge in [0.2, 0.25) is 0 Å². The van der Waals surface area contributed by atoms with E-state index in [-0.39, 0.29) is 17.1 Å². The largest absolute Gasteiger partial charge is 3.00 e. The second-order valence-electron chi connectivity index (χ2n) is 7.53. The third kappa shape index (κ3) is 8.57. The maximum absolute atomic E-state index is 10.9. The van der Waals surface area contributed by atoms with E-state index in [9.17, 15) is 30.0 Å². The van der Waals surface area contributed by atoms with Crippen LogP contribution in [0.25, 0.3) is 0 Å². The van der Waals surface area contributed by atoms with Crippen LogP contribution >= 0.6 is 0 Å². The van der Waals surface area contributed by atoms with Crippen molar-refractivity contribution in [3.05, 3.63) is 83.8 Å². The van der Waals surface area contributed by atoms with Gasteiger partial charge in [-0.3, -0.25) is 29.3 Å². The summed E-state index contributed by atoms with van der Waals surface area (Å²) >= 11 is 0. The topological polar surface area (TPSA) is 165 Å². The van der Waals surface area contributed by atoms with Gasteiger partial charge in [-0.25, -0.2) is 0 Å². The van der Waals surface area contributed by atoms with Gasteiger partial charge in [0.1, 0.15) is 0 Å². The van der Waals surface area contributed by atoms with Gasteiger partial charge in [0, 0.05) is 0 Å². The van der Waals surface area contributed by atoms with Crippen molar-refractivity contribution in [3.8, 4) is 0 Å². The van der Waals surface area contributed by atoms with Crippen molar-refractivity contribution >= 4 is 0 Å². The predicted octanol–water partition coefficient (Wildman–Crippen LogP) is 1.81. The standard InChI is InChI=1S/3C8H12N2O2.Fe/c3*1-3-6-7(4-2)10(12)8(11)5-9-6;/h3*5,12H,3-4H2,1-2H3;/q;;;+3. The van der Waals surface area contributed by atoms with Gasteiger partial charge < -0.3 is 15.6 Å². The minimum absolute atomic E-state index is 0. The Kier molecular flexibility index (Phi) is 14.8. The number of hydrogen-bond donors (Lipinski definition) is 3. The van der Waals surface area contributed by atoms with E-state index in [1.54, 1.807) is 0 Å². The molecule has 0 amide bonds. The van der Waals surface area contributed by atoms with Crippen molar-refractivity contribution in [2.45, 2.75) is 80.1 Å². The van der Waals surface area contributed by atoms with Gasteiger partial charge in [-0.2, -0.15) is 0 Å². The minimum atomic E-state index is -0.468. The van der Waals surface area contributed by atoms with Gasteiger partial charge in [-0.15, -0.1) is 14.2 Å². The van der Waals surface area contributed by atoms with E-state index in [0.717, 1.165) is 54.9 Å². The fraction of sp³-hybridized carbons (Fsp3) is 0.500. The molecule has 3 aromatic heterocycles.